The van der Waals surface area contributed by atoms with Gasteiger partial charge in [0.2, 0.25) is 0 Å². The van der Waals surface area contributed by atoms with E-state index in [4.69, 9.17) is 5.21 Å². The third-order valence-corrected chi connectivity index (χ3v) is 4.82. The van der Waals surface area contributed by atoms with E-state index < -0.39 is 11.5 Å². The van der Waals surface area contributed by atoms with Crippen molar-refractivity contribution in [1.82, 2.24) is 15.8 Å². The molecule has 1 amide bonds. The Labute approximate surface area is 170 Å². The summed E-state index contributed by atoms with van der Waals surface area (Å²) in [6.07, 6.45) is 3.79. The number of aromatic nitrogens is 1. The summed E-state index contributed by atoms with van der Waals surface area (Å²) in [5.74, 6) is -0.553. The maximum absolute atomic E-state index is 11.0. The Hall–Kier alpha value is -2.93. The molecule has 6 nitrogen and oxygen atoms in total. The van der Waals surface area contributed by atoms with Gasteiger partial charge in [0.15, 0.2) is 0 Å². The van der Waals surface area contributed by atoms with E-state index in [1.165, 1.54) is 11.6 Å². The first kappa shape index (κ1) is 20.8. The molecule has 0 aliphatic heterocycles. The summed E-state index contributed by atoms with van der Waals surface area (Å²) >= 11 is 0. The van der Waals surface area contributed by atoms with Gasteiger partial charge in [-0.3, -0.25) is 10.0 Å². The van der Waals surface area contributed by atoms with Gasteiger partial charge in [0.05, 0.1) is 5.60 Å². The van der Waals surface area contributed by atoms with Crippen LogP contribution in [0.2, 0.25) is 0 Å². The van der Waals surface area contributed by atoms with E-state index in [1.807, 2.05) is 36.4 Å². The fourth-order valence-electron chi connectivity index (χ4n) is 3.17. The zero-order valence-corrected chi connectivity index (χ0v) is 16.7. The highest BCUT2D eigenvalue weighted by atomic mass is 16.5. The minimum Gasteiger partial charge on any atom is -0.384 e. The second kappa shape index (κ2) is 9.05. The Bertz CT molecular complexity index is 998. The first-order chi connectivity index (χ1) is 13.9. The minimum absolute atomic E-state index is 0.553. The Kier molecular flexibility index (Phi) is 6.49. The number of benzene rings is 2. The summed E-state index contributed by atoms with van der Waals surface area (Å²) < 4.78 is 0. The summed E-state index contributed by atoms with van der Waals surface area (Å²) in [6, 6.07) is 16.1. The van der Waals surface area contributed by atoms with Gasteiger partial charge in [-0.2, -0.15) is 0 Å². The van der Waals surface area contributed by atoms with Crippen molar-refractivity contribution in [3.8, 4) is 0 Å². The summed E-state index contributed by atoms with van der Waals surface area (Å²) in [6.45, 7) is 5.13. The second-order valence-electron chi connectivity index (χ2n) is 7.60. The number of hydrogen-bond acceptors (Lipinski definition) is 4. The summed E-state index contributed by atoms with van der Waals surface area (Å²) in [5, 5.41) is 23.3. The first-order valence-electron chi connectivity index (χ1n) is 9.62. The Morgan fingerprint density at radius 1 is 1.17 bits per heavy atom. The molecule has 0 unspecified atom stereocenters. The number of hydrogen-bond donors (Lipinski definition) is 5. The molecule has 29 heavy (non-hydrogen) atoms. The van der Waals surface area contributed by atoms with Crippen LogP contribution < -0.4 is 10.8 Å². The van der Waals surface area contributed by atoms with Crippen LogP contribution in [0.4, 0.5) is 0 Å². The number of amides is 1. The van der Waals surface area contributed by atoms with Crippen LogP contribution in [0.15, 0.2) is 54.6 Å². The number of hydroxylamine groups is 1. The largest absolute Gasteiger partial charge is 0.384 e. The SMILES string of the molecule is CC(C)(O)c1cc2cccc(CCNCc3ccc(/C=C/C(=O)NO)cc3)c2[nH]1. The lowest BCUT2D eigenvalue weighted by molar-refractivity contribution is -0.124. The molecule has 3 aromatic rings. The third kappa shape index (κ3) is 5.54. The molecule has 0 aliphatic rings. The molecule has 0 spiro atoms. The van der Waals surface area contributed by atoms with E-state index in [1.54, 1.807) is 25.4 Å². The quantitative estimate of drug-likeness (QED) is 0.176. The molecule has 0 bridgehead atoms. The van der Waals surface area contributed by atoms with Crippen LogP contribution in [0.3, 0.4) is 0 Å². The second-order valence-corrected chi connectivity index (χ2v) is 7.60. The molecular formula is C23H27N3O3. The van der Waals surface area contributed by atoms with Crippen molar-refractivity contribution in [2.45, 2.75) is 32.4 Å². The highest BCUT2D eigenvalue weighted by molar-refractivity contribution is 5.90. The van der Waals surface area contributed by atoms with E-state index in [-0.39, 0.29) is 0 Å². The fraction of sp³-hybridized carbons (Fsp3) is 0.261. The van der Waals surface area contributed by atoms with Gasteiger partial charge in [-0.25, -0.2) is 5.48 Å². The minimum atomic E-state index is -0.891. The molecule has 1 heterocycles. The van der Waals surface area contributed by atoms with Crippen molar-refractivity contribution >= 4 is 22.9 Å². The third-order valence-electron chi connectivity index (χ3n) is 4.82. The first-order valence-corrected chi connectivity index (χ1v) is 9.62. The number of H-pyrrole nitrogens is 1. The van der Waals surface area contributed by atoms with Crippen LogP contribution in [-0.4, -0.2) is 27.7 Å². The highest BCUT2D eigenvalue weighted by Gasteiger charge is 2.19. The molecule has 152 valence electrons. The van der Waals surface area contributed by atoms with Crippen LogP contribution in [0.5, 0.6) is 0 Å². The topological polar surface area (TPSA) is 97.4 Å². The molecule has 0 saturated heterocycles. The molecule has 0 radical (unpaired) electrons. The molecule has 0 fully saturated rings. The normalized spacial score (nSPS) is 12.0. The Morgan fingerprint density at radius 3 is 2.62 bits per heavy atom. The number of nitrogens with one attached hydrogen (secondary N) is 3. The van der Waals surface area contributed by atoms with Crippen molar-refractivity contribution in [3.63, 3.8) is 0 Å². The van der Waals surface area contributed by atoms with Crippen LogP contribution in [-0.2, 0) is 23.4 Å². The fourth-order valence-corrected chi connectivity index (χ4v) is 3.17. The van der Waals surface area contributed by atoms with Gasteiger partial charge in [0, 0.05) is 29.2 Å². The van der Waals surface area contributed by atoms with E-state index in [2.05, 4.69) is 22.4 Å². The van der Waals surface area contributed by atoms with Crippen molar-refractivity contribution in [3.05, 3.63) is 77.0 Å². The lowest BCUT2D eigenvalue weighted by atomic mass is 10.1. The zero-order chi connectivity index (χ0) is 20.9. The van der Waals surface area contributed by atoms with Gasteiger partial charge in [0.1, 0.15) is 0 Å². The predicted octanol–water partition coefficient (Wildman–Crippen LogP) is 3.25. The smallest absolute Gasteiger partial charge is 0.267 e. The van der Waals surface area contributed by atoms with Crippen molar-refractivity contribution in [2.75, 3.05) is 6.54 Å². The van der Waals surface area contributed by atoms with Gasteiger partial charge in [-0.15, -0.1) is 0 Å². The van der Waals surface area contributed by atoms with Gasteiger partial charge in [-0.1, -0.05) is 42.5 Å². The Balaban J connectivity index is 1.55. The highest BCUT2D eigenvalue weighted by Crippen LogP contribution is 2.26. The van der Waals surface area contributed by atoms with Crippen molar-refractivity contribution < 1.29 is 15.1 Å². The molecule has 0 atom stereocenters. The van der Waals surface area contributed by atoms with Crippen LogP contribution in [0.1, 0.15) is 36.2 Å². The van der Waals surface area contributed by atoms with E-state index >= 15 is 0 Å². The maximum Gasteiger partial charge on any atom is 0.267 e. The lowest BCUT2D eigenvalue weighted by Crippen LogP contribution is -2.17. The molecular weight excluding hydrogens is 366 g/mol. The number of carbonyl (C=O) groups excluding carboxylic acids is 1. The molecule has 0 aliphatic carbocycles. The standard InChI is InChI=1S/C23H27N3O3/c1-23(2,28)20-14-19-5-3-4-18(22(19)25-20)12-13-24-15-17-8-6-16(7-9-17)10-11-21(27)26-29/h3-11,14,24-25,28-29H,12-13,15H2,1-2H3,(H,26,27)/b11-10+. The molecule has 1 aromatic heterocycles. The maximum atomic E-state index is 11.0. The number of aromatic amines is 1. The van der Waals surface area contributed by atoms with E-state index in [9.17, 15) is 9.90 Å². The summed E-state index contributed by atoms with van der Waals surface area (Å²) in [4.78, 5) is 14.4. The average Bonchev–Trinajstić information content (AvgIpc) is 3.16. The van der Waals surface area contributed by atoms with Crippen LogP contribution in [0.25, 0.3) is 17.0 Å². The molecule has 0 saturated carbocycles. The number of fused-ring (bicyclic) bond motifs is 1. The van der Waals surface area contributed by atoms with Gasteiger partial charge >= 0.3 is 0 Å². The van der Waals surface area contributed by atoms with Gasteiger partial charge in [-0.05, 0) is 55.6 Å². The summed E-state index contributed by atoms with van der Waals surface area (Å²) in [5.41, 5.74) is 5.82. The monoisotopic (exact) mass is 393 g/mol. The predicted molar refractivity (Wildman–Crippen MR) is 114 cm³/mol. The van der Waals surface area contributed by atoms with E-state index in [0.29, 0.717) is 0 Å². The number of aliphatic hydroxyl groups is 1. The molecule has 2 aromatic carbocycles. The summed E-state index contributed by atoms with van der Waals surface area (Å²) in [7, 11) is 0. The molecule has 6 heteroatoms. The van der Waals surface area contributed by atoms with Gasteiger partial charge < -0.3 is 15.4 Å². The molecule has 3 rings (SSSR count). The van der Waals surface area contributed by atoms with Crippen LogP contribution >= 0.6 is 0 Å². The van der Waals surface area contributed by atoms with Crippen molar-refractivity contribution in [1.29, 1.82) is 0 Å². The van der Waals surface area contributed by atoms with E-state index in [0.717, 1.165) is 47.2 Å². The number of carbonyl (C=O) groups is 1. The Morgan fingerprint density at radius 2 is 1.93 bits per heavy atom. The number of para-hydroxylation sites is 1. The average molecular weight is 393 g/mol. The zero-order valence-electron chi connectivity index (χ0n) is 16.7. The lowest BCUT2D eigenvalue weighted by Gasteiger charge is -2.14. The van der Waals surface area contributed by atoms with Crippen molar-refractivity contribution in [2.24, 2.45) is 0 Å². The molecule has 5 N–H and O–H groups in total. The van der Waals surface area contributed by atoms with Gasteiger partial charge in [0.25, 0.3) is 5.91 Å². The number of rotatable bonds is 8. The van der Waals surface area contributed by atoms with Crippen LogP contribution in [0, 0.1) is 0 Å².